The van der Waals surface area contributed by atoms with Crippen molar-refractivity contribution in [3.63, 3.8) is 0 Å². The van der Waals surface area contributed by atoms with Gasteiger partial charge in [0, 0.05) is 41.4 Å². The van der Waals surface area contributed by atoms with Gasteiger partial charge < -0.3 is 9.32 Å². The molecule has 2 unspecified atom stereocenters. The Morgan fingerprint density at radius 2 is 1.95 bits per heavy atom. The first-order chi connectivity index (χ1) is 19.5. The van der Waals surface area contributed by atoms with Gasteiger partial charge in [-0.1, -0.05) is 24.3 Å². The van der Waals surface area contributed by atoms with Crippen molar-refractivity contribution in [1.29, 1.82) is 0 Å². The van der Waals surface area contributed by atoms with Crippen molar-refractivity contribution in [2.75, 3.05) is 13.1 Å². The molecule has 6 rings (SSSR count). The fraction of sp³-hybridized carbons (Fsp3) is 0.382. The Morgan fingerprint density at radius 3 is 2.75 bits per heavy atom. The summed E-state index contributed by atoms with van der Waals surface area (Å²) in [5.74, 6) is 1.80. The van der Waals surface area contributed by atoms with E-state index in [9.17, 15) is 4.79 Å². The first kappa shape index (κ1) is 26.9. The molecular formula is C34H37N3O2S. The van der Waals surface area contributed by atoms with Gasteiger partial charge in [-0.2, -0.15) is 0 Å². The number of benzene rings is 2. The van der Waals surface area contributed by atoms with Crippen LogP contribution in [0, 0.1) is 18.8 Å². The minimum atomic E-state index is 0.171. The van der Waals surface area contributed by atoms with E-state index in [4.69, 9.17) is 14.4 Å². The summed E-state index contributed by atoms with van der Waals surface area (Å²) >= 11 is 1.56. The lowest BCUT2D eigenvalue weighted by molar-refractivity contribution is 0.0971. The van der Waals surface area contributed by atoms with Crippen LogP contribution in [0.2, 0.25) is 0 Å². The molecular weight excluding hydrogens is 514 g/mol. The molecule has 0 aliphatic carbocycles. The zero-order chi connectivity index (χ0) is 27.6. The zero-order valence-corrected chi connectivity index (χ0v) is 24.4. The molecule has 4 heterocycles. The molecule has 5 nitrogen and oxygen atoms in total. The number of aliphatic imine (C=N–C) groups is 1. The van der Waals surface area contributed by atoms with Gasteiger partial charge in [-0.3, -0.25) is 9.79 Å². The van der Waals surface area contributed by atoms with Crippen molar-refractivity contribution in [1.82, 2.24) is 9.88 Å². The van der Waals surface area contributed by atoms with Gasteiger partial charge in [0.2, 0.25) is 0 Å². The van der Waals surface area contributed by atoms with Crippen LogP contribution in [0.25, 0.3) is 22.0 Å². The number of aryl methyl sites for hydroxylation is 1. The minimum absolute atomic E-state index is 0.171. The molecule has 0 spiro atoms. The summed E-state index contributed by atoms with van der Waals surface area (Å²) in [5, 5.41) is 2.87. The number of likely N-dealkylation sites (tertiary alicyclic amines) is 1. The van der Waals surface area contributed by atoms with E-state index in [1.807, 2.05) is 35.7 Å². The van der Waals surface area contributed by atoms with Gasteiger partial charge >= 0.3 is 0 Å². The molecule has 0 N–H and O–H groups in total. The van der Waals surface area contributed by atoms with Crippen LogP contribution in [0.1, 0.15) is 67.4 Å². The van der Waals surface area contributed by atoms with E-state index in [2.05, 4.69) is 49.9 Å². The maximum absolute atomic E-state index is 13.6. The Bertz CT molecular complexity index is 1520. The summed E-state index contributed by atoms with van der Waals surface area (Å²) in [6, 6.07) is 19.0. The molecule has 0 bridgehead atoms. The van der Waals surface area contributed by atoms with E-state index in [1.165, 1.54) is 30.5 Å². The second-order valence-electron chi connectivity index (χ2n) is 11.6. The molecule has 1 saturated heterocycles. The molecule has 4 aromatic rings. The number of thiazole rings is 1. The Morgan fingerprint density at radius 1 is 1.07 bits per heavy atom. The molecule has 40 heavy (non-hydrogen) atoms. The first-order valence-corrected chi connectivity index (χ1v) is 15.4. The number of aromatic nitrogens is 1. The molecule has 206 valence electrons. The van der Waals surface area contributed by atoms with Crippen LogP contribution in [0.15, 0.2) is 75.7 Å². The standard InChI is InChI=1S/C34H37N3O2S/c1-22(2)37-16-6-9-24(20-37)18-25-13-15-31(38)28-19-26(34-36-30(21-40-34)32-11-7-17-39-32)12-14-29(28)35-33(25)27-10-5-4-8-23(27)3/h4-5,7-8,10-12,14,17,19,21-22,24-25H,6,9,13,15-16,18,20H2,1-3H3. The molecule has 2 atom stereocenters. The molecule has 2 aliphatic heterocycles. The number of carbonyl (C=O) groups is 1. The highest BCUT2D eigenvalue weighted by atomic mass is 32.1. The average molecular weight is 552 g/mol. The van der Waals surface area contributed by atoms with Gasteiger partial charge in [-0.05, 0) is 100 Å². The van der Waals surface area contributed by atoms with E-state index in [-0.39, 0.29) is 11.7 Å². The quantitative estimate of drug-likeness (QED) is 0.241. The van der Waals surface area contributed by atoms with Gasteiger partial charge in [0.25, 0.3) is 0 Å². The number of Topliss-reactive ketones (excluding diaryl/α,β-unsaturated/α-hetero) is 1. The zero-order valence-electron chi connectivity index (χ0n) is 23.6. The Kier molecular flexibility index (Phi) is 7.81. The van der Waals surface area contributed by atoms with Crippen LogP contribution in [-0.2, 0) is 0 Å². The third-order valence-electron chi connectivity index (χ3n) is 8.49. The summed E-state index contributed by atoms with van der Waals surface area (Å²) in [4.78, 5) is 26.3. The van der Waals surface area contributed by atoms with Crippen LogP contribution < -0.4 is 0 Å². The summed E-state index contributed by atoms with van der Waals surface area (Å²) in [7, 11) is 0. The molecule has 2 aliphatic rings. The summed E-state index contributed by atoms with van der Waals surface area (Å²) in [6.07, 6.45) is 6.59. The highest BCUT2D eigenvalue weighted by Gasteiger charge is 2.30. The normalized spacial score (nSPS) is 20.2. The SMILES string of the molecule is Cc1ccccc1C1=Nc2ccc(-c3nc(-c4ccco4)cs3)cc2C(=O)CCC1CC1CCCN(C(C)C)C1. The van der Waals surface area contributed by atoms with Crippen molar-refractivity contribution in [2.45, 2.75) is 58.9 Å². The second kappa shape index (κ2) is 11.6. The van der Waals surface area contributed by atoms with Crippen LogP contribution in [0.4, 0.5) is 5.69 Å². The highest BCUT2D eigenvalue weighted by Crippen LogP contribution is 2.37. The lowest BCUT2D eigenvalue weighted by Gasteiger charge is -2.37. The molecule has 0 saturated carbocycles. The van der Waals surface area contributed by atoms with E-state index in [0.29, 0.717) is 23.9 Å². The molecule has 2 aromatic carbocycles. The van der Waals surface area contributed by atoms with Gasteiger partial charge in [-0.15, -0.1) is 11.3 Å². The monoisotopic (exact) mass is 551 g/mol. The van der Waals surface area contributed by atoms with Gasteiger partial charge in [0.1, 0.15) is 10.7 Å². The number of rotatable bonds is 6. The molecule has 6 heteroatoms. The van der Waals surface area contributed by atoms with E-state index < -0.39 is 0 Å². The second-order valence-corrected chi connectivity index (χ2v) is 12.4. The largest absolute Gasteiger partial charge is 0.463 e. The van der Waals surface area contributed by atoms with Crippen LogP contribution in [-0.4, -0.2) is 40.5 Å². The van der Waals surface area contributed by atoms with Crippen LogP contribution in [0.3, 0.4) is 0 Å². The lowest BCUT2D eigenvalue weighted by atomic mass is 9.79. The van der Waals surface area contributed by atoms with E-state index in [1.54, 1.807) is 17.6 Å². The van der Waals surface area contributed by atoms with Gasteiger partial charge in [0.05, 0.1) is 17.7 Å². The number of ketones is 1. The lowest BCUT2D eigenvalue weighted by Crippen LogP contribution is -2.41. The molecule has 1 fully saturated rings. The average Bonchev–Trinajstić information content (AvgIpc) is 3.67. The predicted molar refractivity (Wildman–Crippen MR) is 164 cm³/mol. The molecule has 2 aromatic heterocycles. The van der Waals surface area contributed by atoms with Crippen molar-refractivity contribution >= 4 is 28.5 Å². The number of nitrogens with zero attached hydrogens (tertiary/aromatic N) is 3. The fourth-order valence-corrected chi connectivity index (χ4v) is 7.07. The van der Waals surface area contributed by atoms with Crippen molar-refractivity contribution in [3.8, 4) is 22.0 Å². The molecule has 0 amide bonds. The van der Waals surface area contributed by atoms with Crippen LogP contribution >= 0.6 is 11.3 Å². The van der Waals surface area contributed by atoms with Gasteiger partial charge in [0.15, 0.2) is 11.5 Å². The number of hydrogen-bond donors (Lipinski definition) is 0. The van der Waals surface area contributed by atoms with Crippen LogP contribution in [0.5, 0.6) is 0 Å². The third kappa shape index (κ3) is 5.61. The number of piperidine rings is 1. The Balaban J connectivity index is 1.37. The van der Waals surface area contributed by atoms with Crippen molar-refractivity contribution < 1.29 is 9.21 Å². The van der Waals surface area contributed by atoms with E-state index in [0.717, 1.165) is 52.8 Å². The number of hydrogen-bond acceptors (Lipinski definition) is 6. The maximum Gasteiger partial charge on any atom is 0.165 e. The third-order valence-corrected chi connectivity index (χ3v) is 9.38. The summed E-state index contributed by atoms with van der Waals surface area (Å²) in [6.45, 7) is 9.09. The Hall–Kier alpha value is -3.35. The van der Waals surface area contributed by atoms with Gasteiger partial charge in [-0.25, -0.2) is 4.98 Å². The van der Waals surface area contributed by atoms with Crippen molar-refractivity contribution in [3.05, 3.63) is 82.9 Å². The maximum atomic E-state index is 13.6. The smallest absolute Gasteiger partial charge is 0.165 e. The van der Waals surface area contributed by atoms with Crippen molar-refractivity contribution in [2.24, 2.45) is 16.8 Å². The fourth-order valence-electron chi connectivity index (χ4n) is 6.26. The highest BCUT2D eigenvalue weighted by molar-refractivity contribution is 7.13. The number of fused-ring (bicyclic) bond motifs is 1. The number of furan rings is 1. The molecule has 0 radical (unpaired) electrons. The number of carbonyl (C=O) groups excluding carboxylic acids is 1. The Labute approximate surface area is 241 Å². The minimum Gasteiger partial charge on any atom is -0.463 e. The van der Waals surface area contributed by atoms with E-state index >= 15 is 0 Å². The predicted octanol–water partition coefficient (Wildman–Crippen LogP) is 8.60. The summed E-state index contributed by atoms with van der Waals surface area (Å²) < 4.78 is 5.52. The topological polar surface area (TPSA) is 58.7 Å². The first-order valence-electron chi connectivity index (χ1n) is 14.5. The summed E-state index contributed by atoms with van der Waals surface area (Å²) in [5.41, 5.74) is 6.79.